The third-order valence-corrected chi connectivity index (χ3v) is 6.17. The molecule has 1 aromatic heterocycles. The number of aromatic nitrogens is 3. The predicted octanol–water partition coefficient (Wildman–Crippen LogP) is 3.51. The summed E-state index contributed by atoms with van der Waals surface area (Å²) < 4.78 is 7.27. The van der Waals surface area contributed by atoms with Crippen molar-refractivity contribution < 1.29 is 14.3 Å². The van der Waals surface area contributed by atoms with Gasteiger partial charge in [-0.15, -0.1) is 10.2 Å². The van der Waals surface area contributed by atoms with Crippen molar-refractivity contribution in [2.24, 2.45) is 0 Å². The molecule has 0 atom stereocenters. The standard InChI is InChI=1S/C21H27N5O3S/c1-2-29-19(28)16-8-4-5-9-17(16)22-18(27)14-30-21-24-23-20(26(21)15-10-11-15)25-12-6-3-7-13-25/h4-5,8-9,15H,2-3,6-7,10-14H2,1H3,(H,22,27). The van der Waals surface area contributed by atoms with Gasteiger partial charge >= 0.3 is 5.97 Å². The zero-order valence-corrected chi connectivity index (χ0v) is 18.0. The second-order valence-electron chi connectivity index (χ2n) is 7.53. The van der Waals surface area contributed by atoms with Gasteiger partial charge < -0.3 is 15.0 Å². The number of nitrogens with one attached hydrogen (secondary N) is 1. The van der Waals surface area contributed by atoms with Crippen molar-refractivity contribution in [3.05, 3.63) is 29.8 Å². The molecule has 1 aliphatic heterocycles. The summed E-state index contributed by atoms with van der Waals surface area (Å²) in [6.45, 7) is 4.07. The van der Waals surface area contributed by atoms with Crippen LogP contribution in [0.3, 0.4) is 0 Å². The van der Waals surface area contributed by atoms with Crippen LogP contribution in [0.25, 0.3) is 0 Å². The Morgan fingerprint density at radius 2 is 1.93 bits per heavy atom. The Morgan fingerprint density at radius 1 is 1.17 bits per heavy atom. The monoisotopic (exact) mass is 429 g/mol. The molecule has 1 saturated carbocycles. The number of rotatable bonds is 8. The summed E-state index contributed by atoms with van der Waals surface area (Å²) in [5, 5.41) is 12.4. The van der Waals surface area contributed by atoms with E-state index in [1.807, 2.05) is 0 Å². The summed E-state index contributed by atoms with van der Waals surface area (Å²) in [6.07, 6.45) is 5.89. The van der Waals surface area contributed by atoms with Crippen molar-refractivity contribution in [2.45, 2.75) is 50.2 Å². The Bertz CT molecular complexity index is 906. The van der Waals surface area contributed by atoms with E-state index in [0.29, 0.717) is 17.3 Å². The maximum atomic E-state index is 12.6. The van der Waals surface area contributed by atoms with Crippen LogP contribution < -0.4 is 10.2 Å². The van der Waals surface area contributed by atoms with Crippen molar-refractivity contribution in [1.29, 1.82) is 0 Å². The van der Waals surface area contributed by atoms with Crippen LogP contribution in [0, 0.1) is 0 Å². The van der Waals surface area contributed by atoms with Gasteiger partial charge in [-0.25, -0.2) is 4.79 Å². The summed E-state index contributed by atoms with van der Waals surface area (Å²) in [4.78, 5) is 27.0. The van der Waals surface area contributed by atoms with Crippen LogP contribution >= 0.6 is 11.8 Å². The number of hydrogen-bond donors (Lipinski definition) is 1. The van der Waals surface area contributed by atoms with Gasteiger partial charge in [-0.3, -0.25) is 9.36 Å². The first-order chi connectivity index (χ1) is 14.7. The van der Waals surface area contributed by atoms with Gasteiger partial charge in [-0.1, -0.05) is 23.9 Å². The molecule has 0 bridgehead atoms. The highest BCUT2D eigenvalue weighted by molar-refractivity contribution is 7.99. The quantitative estimate of drug-likeness (QED) is 0.507. The number of carbonyl (C=O) groups is 2. The van der Waals surface area contributed by atoms with Crippen molar-refractivity contribution >= 4 is 35.3 Å². The van der Waals surface area contributed by atoms with E-state index in [1.165, 1.54) is 31.0 Å². The van der Waals surface area contributed by atoms with Gasteiger partial charge in [0, 0.05) is 19.1 Å². The van der Waals surface area contributed by atoms with Crippen LogP contribution in [-0.2, 0) is 9.53 Å². The number of nitrogens with zero attached hydrogens (tertiary/aromatic N) is 4. The van der Waals surface area contributed by atoms with E-state index in [-0.39, 0.29) is 18.3 Å². The minimum atomic E-state index is -0.444. The molecule has 2 heterocycles. The molecule has 2 aromatic rings. The number of para-hydroxylation sites is 1. The summed E-state index contributed by atoms with van der Waals surface area (Å²) in [5.74, 6) is 0.497. The number of benzene rings is 1. The lowest BCUT2D eigenvalue weighted by atomic mass is 10.1. The summed E-state index contributed by atoms with van der Waals surface area (Å²) in [6, 6.07) is 7.31. The molecule has 1 aromatic carbocycles. The van der Waals surface area contributed by atoms with Gasteiger partial charge in [0.1, 0.15) is 0 Å². The molecule has 1 aliphatic carbocycles. The first-order valence-corrected chi connectivity index (χ1v) is 11.5. The van der Waals surface area contributed by atoms with Crippen molar-refractivity contribution in [3.63, 3.8) is 0 Å². The third kappa shape index (κ3) is 4.77. The van der Waals surface area contributed by atoms with Gasteiger partial charge in [0.05, 0.1) is 23.6 Å². The van der Waals surface area contributed by atoms with E-state index in [2.05, 4.69) is 25.0 Å². The Hall–Kier alpha value is -2.55. The lowest BCUT2D eigenvalue weighted by molar-refractivity contribution is -0.113. The normalized spacial score (nSPS) is 16.4. The molecule has 1 saturated heterocycles. The minimum absolute atomic E-state index is 0.193. The van der Waals surface area contributed by atoms with E-state index >= 15 is 0 Å². The maximum absolute atomic E-state index is 12.6. The van der Waals surface area contributed by atoms with E-state index in [4.69, 9.17) is 4.74 Å². The lowest BCUT2D eigenvalue weighted by Gasteiger charge is -2.27. The fraction of sp³-hybridized carbons (Fsp3) is 0.524. The molecule has 9 heteroatoms. The molecule has 0 spiro atoms. The second-order valence-corrected chi connectivity index (χ2v) is 8.48. The summed E-state index contributed by atoms with van der Waals surface area (Å²) >= 11 is 1.39. The predicted molar refractivity (Wildman–Crippen MR) is 116 cm³/mol. The highest BCUT2D eigenvalue weighted by Gasteiger charge is 2.32. The second kappa shape index (κ2) is 9.51. The highest BCUT2D eigenvalue weighted by atomic mass is 32.2. The Morgan fingerprint density at radius 3 is 2.67 bits per heavy atom. The topological polar surface area (TPSA) is 89.3 Å². The Labute approximate surface area is 180 Å². The number of hydrogen-bond acceptors (Lipinski definition) is 7. The van der Waals surface area contributed by atoms with Crippen LogP contribution in [0.2, 0.25) is 0 Å². The zero-order valence-electron chi connectivity index (χ0n) is 17.2. The molecule has 8 nitrogen and oxygen atoms in total. The first-order valence-electron chi connectivity index (χ1n) is 10.6. The number of ether oxygens (including phenoxy) is 1. The van der Waals surface area contributed by atoms with E-state index in [1.54, 1.807) is 31.2 Å². The number of carbonyl (C=O) groups excluding carboxylic acids is 2. The minimum Gasteiger partial charge on any atom is -0.462 e. The van der Waals surface area contributed by atoms with Crippen molar-refractivity contribution in [3.8, 4) is 0 Å². The largest absolute Gasteiger partial charge is 0.462 e. The number of amides is 1. The van der Waals surface area contributed by atoms with E-state index in [0.717, 1.165) is 37.0 Å². The maximum Gasteiger partial charge on any atom is 0.340 e. The highest BCUT2D eigenvalue weighted by Crippen LogP contribution is 2.41. The zero-order chi connectivity index (χ0) is 20.9. The Kier molecular flexibility index (Phi) is 6.56. The van der Waals surface area contributed by atoms with Gasteiger partial charge in [-0.2, -0.15) is 0 Å². The van der Waals surface area contributed by atoms with Gasteiger partial charge in [-0.05, 0) is 51.2 Å². The lowest BCUT2D eigenvalue weighted by Crippen LogP contribution is -2.32. The van der Waals surface area contributed by atoms with E-state index in [9.17, 15) is 9.59 Å². The number of thioether (sulfide) groups is 1. The number of piperidine rings is 1. The van der Waals surface area contributed by atoms with Gasteiger partial charge in [0.2, 0.25) is 11.9 Å². The van der Waals surface area contributed by atoms with Crippen molar-refractivity contribution in [1.82, 2.24) is 14.8 Å². The fourth-order valence-electron chi connectivity index (χ4n) is 3.62. The SMILES string of the molecule is CCOC(=O)c1ccccc1NC(=O)CSc1nnc(N2CCCCC2)n1C1CC1. The first kappa shape index (κ1) is 20.7. The van der Waals surface area contributed by atoms with Crippen LogP contribution in [-0.4, -0.2) is 52.1 Å². The molecule has 1 amide bonds. The molecule has 4 rings (SSSR count). The van der Waals surface area contributed by atoms with Gasteiger partial charge in [0.25, 0.3) is 0 Å². The molecule has 0 unspecified atom stereocenters. The molecular weight excluding hydrogens is 402 g/mol. The Balaban J connectivity index is 1.41. The average Bonchev–Trinajstić information content (AvgIpc) is 3.52. The molecule has 0 radical (unpaired) electrons. The molecule has 2 aliphatic rings. The van der Waals surface area contributed by atoms with Crippen LogP contribution in [0.15, 0.2) is 29.4 Å². The summed E-state index contributed by atoms with van der Waals surface area (Å²) in [7, 11) is 0. The van der Waals surface area contributed by atoms with Crippen LogP contribution in [0.5, 0.6) is 0 Å². The van der Waals surface area contributed by atoms with Crippen molar-refractivity contribution in [2.75, 3.05) is 35.7 Å². The summed E-state index contributed by atoms with van der Waals surface area (Å²) in [5.41, 5.74) is 0.811. The fourth-order valence-corrected chi connectivity index (χ4v) is 4.43. The molecule has 30 heavy (non-hydrogen) atoms. The van der Waals surface area contributed by atoms with Crippen LogP contribution in [0.1, 0.15) is 55.4 Å². The van der Waals surface area contributed by atoms with E-state index < -0.39 is 5.97 Å². The average molecular weight is 430 g/mol. The molecule has 160 valence electrons. The molecule has 2 fully saturated rings. The third-order valence-electron chi connectivity index (χ3n) is 5.23. The van der Waals surface area contributed by atoms with Gasteiger partial charge in [0.15, 0.2) is 5.16 Å². The number of esters is 1. The molecule has 1 N–H and O–H groups in total. The van der Waals surface area contributed by atoms with Crippen LogP contribution in [0.4, 0.5) is 11.6 Å². The smallest absolute Gasteiger partial charge is 0.340 e. The number of anilines is 2. The molecular formula is C21H27N5O3S.